The molecule has 3 aliphatic rings. The molecular formula is C15H24O2. The van der Waals surface area contributed by atoms with Crippen molar-refractivity contribution in [2.45, 2.75) is 58.5 Å². The van der Waals surface area contributed by atoms with E-state index in [-0.39, 0.29) is 18.0 Å². The van der Waals surface area contributed by atoms with Crippen molar-refractivity contribution >= 4 is 5.97 Å². The summed E-state index contributed by atoms with van der Waals surface area (Å²) in [4.78, 5) is 11.9. The Bertz CT molecular complexity index is 312. The highest BCUT2D eigenvalue weighted by atomic mass is 16.6. The fourth-order valence-electron chi connectivity index (χ4n) is 5.01. The first kappa shape index (κ1) is 11.6. The van der Waals surface area contributed by atoms with Gasteiger partial charge in [0.05, 0.1) is 5.92 Å². The van der Waals surface area contributed by atoms with Crippen LogP contribution in [0, 0.1) is 29.6 Å². The van der Waals surface area contributed by atoms with Crippen molar-refractivity contribution < 1.29 is 9.53 Å². The van der Waals surface area contributed by atoms with Crippen LogP contribution in [-0.4, -0.2) is 12.1 Å². The molecule has 0 spiro atoms. The van der Waals surface area contributed by atoms with Crippen molar-refractivity contribution in [2.75, 3.05) is 0 Å². The molecule has 2 aliphatic carbocycles. The van der Waals surface area contributed by atoms with Crippen molar-refractivity contribution in [3.63, 3.8) is 0 Å². The van der Waals surface area contributed by atoms with Crippen molar-refractivity contribution in [3.05, 3.63) is 0 Å². The number of fused-ring (bicyclic) bond motifs is 2. The molecule has 17 heavy (non-hydrogen) atoms. The van der Waals surface area contributed by atoms with Gasteiger partial charge in [-0.2, -0.15) is 0 Å². The van der Waals surface area contributed by atoms with Gasteiger partial charge in [-0.3, -0.25) is 4.79 Å². The molecule has 0 radical (unpaired) electrons. The third-order valence-corrected chi connectivity index (χ3v) is 5.65. The molecule has 1 saturated heterocycles. The molecule has 1 aliphatic heterocycles. The van der Waals surface area contributed by atoms with Crippen LogP contribution in [0.5, 0.6) is 0 Å². The Kier molecular flexibility index (Phi) is 2.92. The van der Waals surface area contributed by atoms with E-state index in [0.717, 1.165) is 24.2 Å². The molecule has 0 N–H and O–H groups in total. The summed E-state index contributed by atoms with van der Waals surface area (Å²) in [6.07, 6.45) is 8.04. The van der Waals surface area contributed by atoms with Crippen molar-refractivity contribution in [1.82, 2.24) is 0 Å². The number of rotatable bonds is 1. The monoisotopic (exact) mass is 236 g/mol. The first-order valence-electron chi connectivity index (χ1n) is 7.42. The molecule has 2 heteroatoms. The highest BCUT2D eigenvalue weighted by molar-refractivity contribution is 5.75. The highest BCUT2D eigenvalue weighted by Crippen LogP contribution is 2.53. The lowest BCUT2D eigenvalue weighted by Gasteiger charge is -2.46. The summed E-state index contributed by atoms with van der Waals surface area (Å²) in [5.74, 6) is 3.28. The van der Waals surface area contributed by atoms with Crippen LogP contribution in [0.25, 0.3) is 0 Å². The van der Waals surface area contributed by atoms with Gasteiger partial charge in [0.1, 0.15) is 6.10 Å². The molecular weight excluding hydrogens is 212 g/mol. The second-order valence-electron chi connectivity index (χ2n) is 6.34. The Labute approximate surface area is 104 Å². The van der Waals surface area contributed by atoms with E-state index in [4.69, 9.17) is 4.74 Å². The quantitative estimate of drug-likeness (QED) is 0.652. The zero-order valence-electron chi connectivity index (χ0n) is 11.0. The van der Waals surface area contributed by atoms with Crippen LogP contribution in [0.2, 0.25) is 0 Å². The smallest absolute Gasteiger partial charge is 0.309 e. The molecule has 0 aromatic carbocycles. The minimum Gasteiger partial charge on any atom is -0.462 e. The molecule has 1 heterocycles. The Morgan fingerprint density at radius 2 is 2.06 bits per heavy atom. The molecule has 2 saturated carbocycles. The van der Waals surface area contributed by atoms with Gasteiger partial charge in [-0.25, -0.2) is 0 Å². The van der Waals surface area contributed by atoms with Gasteiger partial charge in [-0.15, -0.1) is 0 Å². The normalized spacial score (nSPS) is 49.4. The second-order valence-corrected chi connectivity index (χ2v) is 6.34. The predicted molar refractivity (Wildman–Crippen MR) is 66.4 cm³/mol. The number of carbonyl (C=O) groups is 1. The van der Waals surface area contributed by atoms with Gasteiger partial charge in [0.15, 0.2) is 0 Å². The molecule has 0 amide bonds. The molecule has 0 bridgehead atoms. The summed E-state index contributed by atoms with van der Waals surface area (Å²) in [6.45, 7) is 4.41. The topological polar surface area (TPSA) is 26.3 Å². The molecule has 3 rings (SSSR count). The predicted octanol–water partition coefficient (Wildman–Crippen LogP) is 3.40. The summed E-state index contributed by atoms with van der Waals surface area (Å²) in [7, 11) is 0. The molecule has 0 aromatic rings. The molecule has 2 unspecified atom stereocenters. The van der Waals surface area contributed by atoms with Crippen LogP contribution in [0.15, 0.2) is 0 Å². The lowest BCUT2D eigenvalue weighted by atomic mass is 9.57. The Morgan fingerprint density at radius 3 is 2.82 bits per heavy atom. The van der Waals surface area contributed by atoms with Crippen LogP contribution >= 0.6 is 0 Å². The summed E-state index contributed by atoms with van der Waals surface area (Å²) in [5.41, 5.74) is 0. The van der Waals surface area contributed by atoms with Crippen molar-refractivity contribution in [3.8, 4) is 0 Å². The lowest BCUT2D eigenvalue weighted by molar-refractivity contribution is -0.144. The Morgan fingerprint density at radius 1 is 1.29 bits per heavy atom. The van der Waals surface area contributed by atoms with Crippen molar-refractivity contribution in [1.29, 1.82) is 0 Å². The van der Waals surface area contributed by atoms with E-state index >= 15 is 0 Å². The summed E-state index contributed by atoms with van der Waals surface area (Å²) in [5, 5.41) is 0. The average molecular weight is 236 g/mol. The van der Waals surface area contributed by atoms with E-state index in [2.05, 4.69) is 13.8 Å². The van der Waals surface area contributed by atoms with Gasteiger partial charge in [-0.05, 0) is 37.5 Å². The number of carbonyl (C=O) groups excluding carboxylic acids is 1. The lowest BCUT2D eigenvalue weighted by Crippen LogP contribution is -2.43. The maximum Gasteiger partial charge on any atom is 0.309 e. The van der Waals surface area contributed by atoms with E-state index in [1.807, 2.05) is 0 Å². The number of hydrogen-bond acceptors (Lipinski definition) is 2. The second kappa shape index (κ2) is 4.29. The maximum absolute atomic E-state index is 11.9. The van der Waals surface area contributed by atoms with Crippen LogP contribution in [0.3, 0.4) is 0 Å². The zero-order valence-corrected chi connectivity index (χ0v) is 11.0. The SMILES string of the molecule is CCC1C2CCCC[C@H]2C[C@H]2C(=O)O[C@H](C)[C@@H]12. The number of hydrogen-bond donors (Lipinski definition) is 0. The van der Waals surface area contributed by atoms with Crippen molar-refractivity contribution in [2.24, 2.45) is 29.6 Å². The van der Waals surface area contributed by atoms with Gasteiger partial charge < -0.3 is 4.74 Å². The number of ether oxygens (including phenoxy) is 1. The van der Waals surface area contributed by atoms with E-state index < -0.39 is 0 Å². The Hall–Kier alpha value is -0.530. The minimum absolute atomic E-state index is 0.102. The molecule has 6 atom stereocenters. The molecule has 96 valence electrons. The summed E-state index contributed by atoms with van der Waals surface area (Å²) >= 11 is 0. The fraction of sp³-hybridized carbons (Fsp3) is 0.933. The first-order valence-corrected chi connectivity index (χ1v) is 7.42. The van der Waals surface area contributed by atoms with Gasteiger partial charge in [0.2, 0.25) is 0 Å². The summed E-state index contributed by atoms with van der Waals surface area (Å²) in [6, 6.07) is 0. The first-order chi connectivity index (χ1) is 8.22. The van der Waals surface area contributed by atoms with Crippen LogP contribution in [0.4, 0.5) is 0 Å². The van der Waals surface area contributed by atoms with Gasteiger partial charge in [-0.1, -0.05) is 32.6 Å². The molecule has 3 fully saturated rings. The van der Waals surface area contributed by atoms with Crippen LogP contribution < -0.4 is 0 Å². The standard InChI is InChI=1S/C15H24O2/c1-3-11-12-7-5-4-6-10(12)8-13-14(11)9(2)17-15(13)16/h9-14H,3-8H2,1-2H3/t9-,10+,11?,12?,13-,14+/m1/s1. The minimum atomic E-state index is 0.102. The third kappa shape index (κ3) is 1.71. The van der Waals surface area contributed by atoms with Crippen LogP contribution in [-0.2, 0) is 9.53 Å². The highest BCUT2D eigenvalue weighted by Gasteiger charge is 2.53. The van der Waals surface area contributed by atoms with E-state index in [9.17, 15) is 4.79 Å². The van der Waals surface area contributed by atoms with E-state index in [0.29, 0.717) is 5.92 Å². The maximum atomic E-state index is 11.9. The average Bonchev–Trinajstić information content (AvgIpc) is 2.62. The van der Waals surface area contributed by atoms with Crippen LogP contribution in [0.1, 0.15) is 52.4 Å². The van der Waals surface area contributed by atoms with Gasteiger partial charge in [0.25, 0.3) is 0 Å². The van der Waals surface area contributed by atoms with E-state index in [1.54, 1.807) is 0 Å². The number of cyclic esters (lactones) is 1. The molecule has 0 aromatic heterocycles. The fourth-order valence-corrected chi connectivity index (χ4v) is 5.01. The molecule has 2 nitrogen and oxygen atoms in total. The Balaban J connectivity index is 1.88. The van der Waals surface area contributed by atoms with Gasteiger partial charge in [0, 0.05) is 5.92 Å². The summed E-state index contributed by atoms with van der Waals surface area (Å²) < 4.78 is 5.51. The zero-order chi connectivity index (χ0) is 12.0. The third-order valence-electron chi connectivity index (χ3n) is 5.65. The number of esters is 1. The van der Waals surface area contributed by atoms with Gasteiger partial charge >= 0.3 is 5.97 Å². The largest absolute Gasteiger partial charge is 0.462 e. The van der Waals surface area contributed by atoms with E-state index in [1.165, 1.54) is 32.1 Å².